The number of aryl methyl sites for hydroxylation is 1. The van der Waals surface area contributed by atoms with E-state index in [1.807, 2.05) is 5.32 Å². The highest BCUT2D eigenvalue weighted by molar-refractivity contribution is 5.95. The molecule has 1 saturated carbocycles. The van der Waals surface area contributed by atoms with Crippen molar-refractivity contribution in [2.75, 3.05) is 11.9 Å². The van der Waals surface area contributed by atoms with Crippen LogP contribution in [0, 0.1) is 11.8 Å². The van der Waals surface area contributed by atoms with Crippen LogP contribution >= 0.6 is 0 Å². The summed E-state index contributed by atoms with van der Waals surface area (Å²) in [5, 5.41) is 4.85. The summed E-state index contributed by atoms with van der Waals surface area (Å²) in [6, 6.07) is -0.552. The molecule has 3 rings (SSSR count). The van der Waals surface area contributed by atoms with E-state index in [4.69, 9.17) is 0 Å². The summed E-state index contributed by atoms with van der Waals surface area (Å²) in [6.07, 6.45) is -7.46. The number of aromatic nitrogens is 1. The van der Waals surface area contributed by atoms with E-state index in [-0.39, 0.29) is 5.56 Å². The van der Waals surface area contributed by atoms with E-state index < -0.39 is 36.1 Å². The smallest absolute Gasteiger partial charge is 0.370 e. The molecule has 132 valence electrons. The zero-order valence-corrected chi connectivity index (χ0v) is 12.1. The third-order valence-electron chi connectivity index (χ3n) is 4.22. The lowest BCUT2D eigenvalue weighted by Gasteiger charge is -2.17. The summed E-state index contributed by atoms with van der Waals surface area (Å²) in [4.78, 5) is 16.0. The van der Waals surface area contributed by atoms with Crippen molar-refractivity contribution in [1.29, 1.82) is 0 Å². The van der Waals surface area contributed by atoms with E-state index in [1.165, 1.54) is 6.07 Å². The zero-order valence-electron chi connectivity index (χ0n) is 12.1. The molecule has 1 aromatic heterocycles. The number of anilines is 1. The molecular weight excluding hydrogens is 340 g/mol. The Bertz CT molecular complexity index is 637. The number of rotatable bonds is 2. The summed E-state index contributed by atoms with van der Waals surface area (Å²) in [5.41, 5.74) is 0.663. The highest BCUT2D eigenvalue weighted by Crippen LogP contribution is 2.57. The normalized spacial score (nSPS) is 26.3. The van der Waals surface area contributed by atoms with Crippen LogP contribution in [0.5, 0.6) is 0 Å². The number of hydrogen-bond donors (Lipinski definition) is 2. The Kier molecular flexibility index (Phi) is 3.88. The molecule has 10 heteroatoms. The van der Waals surface area contributed by atoms with Crippen LogP contribution in [0.4, 0.5) is 32.2 Å². The zero-order chi connectivity index (χ0) is 17.7. The molecule has 4 nitrogen and oxygen atoms in total. The summed E-state index contributed by atoms with van der Waals surface area (Å²) < 4.78 is 76.1. The number of nitrogens with zero attached hydrogens (tertiary/aromatic N) is 1. The second kappa shape index (κ2) is 5.52. The molecule has 2 N–H and O–H groups in total. The molecule has 2 heterocycles. The topological polar surface area (TPSA) is 54.0 Å². The highest BCUT2D eigenvalue weighted by atomic mass is 19.4. The van der Waals surface area contributed by atoms with Gasteiger partial charge in [-0.05, 0) is 24.5 Å². The molecule has 2 unspecified atom stereocenters. The van der Waals surface area contributed by atoms with Gasteiger partial charge in [-0.15, -0.1) is 0 Å². The summed E-state index contributed by atoms with van der Waals surface area (Å²) in [6.45, 7) is 0.716. The number of hydrogen-bond acceptors (Lipinski definition) is 3. The highest BCUT2D eigenvalue weighted by Gasteiger charge is 2.74. The predicted molar refractivity (Wildman–Crippen MR) is 71.4 cm³/mol. The van der Waals surface area contributed by atoms with Crippen LogP contribution in [0.2, 0.25) is 0 Å². The first kappa shape index (κ1) is 16.8. The lowest BCUT2D eigenvalue weighted by Crippen LogP contribution is -2.31. The summed E-state index contributed by atoms with van der Waals surface area (Å²) in [7, 11) is 0. The molecule has 0 saturated heterocycles. The van der Waals surface area contributed by atoms with Crippen molar-refractivity contribution in [2.24, 2.45) is 11.8 Å². The van der Waals surface area contributed by atoms with Gasteiger partial charge in [-0.2, -0.15) is 26.3 Å². The van der Waals surface area contributed by atoms with Crippen molar-refractivity contribution in [2.45, 2.75) is 31.2 Å². The maximum atomic E-state index is 12.7. The summed E-state index contributed by atoms with van der Waals surface area (Å²) in [5.74, 6) is -5.62. The van der Waals surface area contributed by atoms with Gasteiger partial charge in [-0.25, -0.2) is 4.98 Å². The van der Waals surface area contributed by atoms with Gasteiger partial charge in [-0.3, -0.25) is 4.79 Å². The van der Waals surface area contributed by atoms with E-state index in [0.29, 0.717) is 24.3 Å². The molecule has 1 aromatic rings. The Morgan fingerprint density at radius 2 is 1.79 bits per heavy atom. The maximum absolute atomic E-state index is 12.7. The van der Waals surface area contributed by atoms with Gasteiger partial charge >= 0.3 is 12.4 Å². The van der Waals surface area contributed by atoms with Gasteiger partial charge in [0.2, 0.25) is 0 Å². The molecule has 1 fully saturated rings. The molecule has 1 aliphatic heterocycles. The lowest BCUT2D eigenvalue weighted by molar-refractivity contribution is -0.191. The van der Waals surface area contributed by atoms with Gasteiger partial charge in [0.1, 0.15) is 5.82 Å². The van der Waals surface area contributed by atoms with Crippen LogP contribution in [0.15, 0.2) is 12.3 Å². The molecule has 0 aromatic carbocycles. The fraction of sp³-hybridized carbons (Fsp3) is 0.571. The maximum Gasteiger partial charge on any atom is 0.394 e. The van der Waals surface area contributed by atoms with Crippen molar-refractivity contribution in [1.82, 2.24) is 10.3 Å². The number of carbonyl (C=O) groups excluding carboxylic acids is 1. The number of alkyl halides is 6. The molecule has 24 heavy (non-hydrogen) atoms. The molecule has 2 atom stereocenters. The number of amides is 1. The van der Waals surface area contributed by atoms with Crippen LogP contribution in [-0.2, 0) is 6.42 Å². The number of halogens is 6. The fourth-order valence-corrected chi connectivity index (χ4v) is 3.01. The van der Waals surface area contributed by atoms with E-state index in [0.717, 1.165) is 12.6 Å². The summed E-state index contributed by atoms with van der Waals surface area (Å²) >= 11 is 0. The molecule has 1 amide bonds. The minimum atomic E-state index is -5.02. The number of pyridine rings is 1. The van der Waals surface area contributed by atoms with Crippen molar-refractivity contribution in [3.8, 4) is 0 Å². The first-order valence-electron chi connectivity index (χ1n) is 7.26. The second-order valence-electron chi connectivity index (χ2n) is 5.90. The standard InChI is InChI=1S/C14H13F6N3O/c15-13(16,17)8-9(14(18,19)20)10(8)23-12(24)7-4-6-2-1-3-21-11(6)22-5-7/h4-5,8-10H,1-3H2,(H,21,22)(H,23,24). The SMILES string of the molecule is O=C(NC1C(C(F)(F)F)C1C(F)(F)F)c1cnc2c(c1)CCCN2. The van der Waals surface area contributed by atoms with E-state index in [1.54, 1.807) is 0 Å². The Balaban J connectivity index is 1.75. The van der Waals surface area contributed by atoms with Crippen LogP contribution in [0.25, 0.3) is 0 Å². The van der Waals surface area contributed by atoms with Crippen LogP contribution in [0.3, 0.4) is 0 Å². The predicted octanol–water partition coefficient (Wildman–Crippen LogP) is 2.91. The number of fused-ring (bicyclic) bond motifs is 1. The quantitative estimate of drug-likeness (QED) is 0.804. The average Bonchev–Trinajstić information content (AvgIpc) is 3.21. The van der Waals surface area contributed by atoms with Crippen molar-refractivity contribution >= 4 is 11.7 Å². The molecular formula is C14H13F6N3O. The Labute approximate surface area is 132 Å². The van der Waals surface area contributed by atoms with E-state index in [9.17, 15) is 31.1 Å². The van der Waals surface area contributed by atoms with E-state index >= 15 is 0 Å². The molecule has 0 spiro atoms. The van der Waals surface area contributed by atoms with Gasteiger partial charge < -0.3 is 10.6 Å². The Morgan fingerprint density at radius 3 is 2.38 bits per heavy atom. The molecule has 2 aliphatic rings. The third kappa shape index (κ3) is 3.13. The second-order valence-corrected chi connectivity index (χ2v) is 5.90. The Morgan fingerprint density at radius 1 is 1.17 bits per heavy atom. The van der Waals surface area contributed by atoms with Crippen molar-refractivity contribution in [3.05, 3.63) is 23.4 Å². The monoisotopic (exact) mass is 353 g/mol. The lowest BCUT2D eigenvalue weighted by atomic mass is 10.1. The van der Waals surface area contributed by atoms with E-state index in [2.05, 4.69) is 10.3 Å². The number of nitrogens with one attached hydrogen (secondary N) is 2. The van der Waals surface area contributed by atoms with Gasteiger partial charge in [0, 0.05) is 12.7 Å². The van der Waals surface area contributed by atoms with Gasteiger partial charge in [0.15, 0.2) is 0 Å². The van der Waals surface area contributed by atoms with Gasteiger partial charge in [0.05, 0.1) is 23.4 Å². The van der Waals surface area contributed by atoms with Crippen molar-refractivity contribution < 1.29 is 31.1 Å². The molecule has 0 radical (unpaired) electrons. The minimum absolute atomic E-state index is 0.0498. The van der Waals surface area contributed by atoms with Gasteiger partial charge in [-0.1, -0.05) is 0 Å². The number of carbonyl (C=O) groups is 1. The Hall–Kier alpha value is -2.00. The largest absolute Gasteiger partial charge is 0.394 e. The first-order valence-corrected chi connectivity index (χ1v) is 7.26. The fourth-order valence-electron chi connectivity index (χ4n) is 3.01. The van der Waals surface area contributed by atoms with Gasteiger partial charge in [0.25, 0.3) is 5.91 Å². The molecule has 1 aliphatic carbocycles. The van der Waals surface area contributed by atoms with Crippen molar-refractivity contribution in [3.63, 3.8) is 0 Å². The van der Waals surface area contributed by atoms with Crippen LogP contribution in [-0.4, -0.2) is 35.8 Å². The first-order chi connectivity index (χ1) is 11.1. The van der Waals surface area contributed by atoms with Crippen LogP contribution in [0.1, 0.15) is 22.3 Å². The minimum Gasteiger partial charge on any atom is -0.370 e. The van der Waals surface area contributed by atoms with Crippen LogP contribution < -0.4 is 10.6 Å². The third-order valence-corrected chi connectivity index (χ3v) is 4.22. The average molecular weight is 353 g/mol. The molecule has 0 bridgehead atoms.